The second-order valence-corrected chi connectivity index (χ2v) is 9.44. The zero-order valence-electron chi connectivity index (χ0n) is 21.2. The molecule has 6 heteroatoms. The summed E-state index contributed by atoms with van der Waals surface area (Å²) in [6.45, 7) is 8.42. The number of carbonyl (C=O) groups excluding carboxylic acids is 1. The van der Waals surface area contributed by atoms with E-state index in [0.29, 0.717) is 5.56 Å². The van der Waals surface area contributed by atoms with Gasteiger partial charge in [0, 0.05) is 54.9 Å². The van der Waals surface area contributed by atoms with Gasteiger partial charge in [0.05, 0.1) is 7.11 Å². The van der Waals surface area contributed by atoms with Gasteiger partial charge in [0.15, 0.2) is 0 Å². The fraction of sp³-hybridized carbons (Fsp3) is 0.300. The quantitative estimate of drug-likeness (QED) is 0.373. The van der Waals surface area contributed by atoms with Crippen LogP contribution in [0, 0.1) is 13.8 Å². The monoisotopic (exact) mass is 483 g/mol. The number of aromatic nitrogens is 1. The lowest BCUT2D eigenvalue weighted by Gasteiger charge is -2.34. The van der Waals surface area contributed by atoms with Crippen molar-refractivity contribution >= 4 is 16.8 Å². The van der Waals surface area contributed by atoms with Crippen LogP contribution in [0.3, 0.4) is 0 Å². The molecule has 0 saturated carbocycles. The zero-order valence-corrected chi connectivity index (χ0v) is 21.2. The topological polar surface area (TPSA) is 57.8 Å². The van der Waals surface area contributed by atoms with E-state index in [1.807, 2.05) is 53.4 Å². The molecule has 0 atom stereocenters. The Morgan fingerprint density at radius 3 is 2.39 bits per heavy atom. The van der Waals surface area contributed by atoms with Crippen molar-refractivity contribution in [1.82, 2.24) is 14.8 Å². The first-order chi connectivity index (χ1) is 17.5. The highest BCUT2D eigenvalue weighted by molar-refractivity contribution is 5.94. The maximum absolute atomic E-state index is 13.1. The summed E-state index contributed by atoms with van der Waals surface area (Å²) in [7, 11) is 1.70. The van der Waals surface area contributed by atoms with E-state index in [1.54, 1.807) is 7.11 Å². The summed E-state index contributed by atoms with van der Waals surface area (Å²) in [5.41, 5.74) is 5.48. The third-order valence-corrected chi connectivity index (χ3v) is 7.13. The number of aromatic amines is 1. The lowest BCUT2D eigenvalue weighted by atomic mass is 10.1. The summed E-state index contributed by atoms with van der Waals surface area (Å²) in [5.74, 6) is 2.48. The minimum absolute atomic E-state index is 0.0776. The molecule has 5 rings (SSSR count). The van der Waals surface area contributed by atoms with Gasteiger partial charge in [0.25, 0.3) is 5.91 Å². The Labute approximate surface area is 212 Å². The Kier molecular flexibility index (Phi) is 6.96. The average molecular weight is 484 g/mol. The van der Waals surface area contributed by atoms with Crippen molar-refractivity contribution in [2.24, 2.45) is 0 Å². The number of fused-ring (bicyclic) bond motifs is 1. The highest BCUT2D eigenvalue weighted by Crippen LogP contribution is 2.29. The molecule has 0 aliphatic carbocycles. The van der Waals surface area contributed by atoms with E-state index in [4.69, 9.17) is 9.47 Å². The maximum Gasteiger partial charge on any atom is 0.253 e. The minimum Gasteiger partial charge on any atom is -0.497 e. The van der Waals surface area contributed by atoms with Crippen LogP contribution in [0.4, 0.5) is 0 Å². The molecule has 1 aromatic heterocycles. The van der Waals surface area contributed by atoms with Crippen LogP contribution in [-0.2, 0) is 6.42 Å². The van der Waals surface area contributed by atoms with E-state index >= 15 is 0 Å². The van der Waals surface area contributed by atoms with Crippen molar-refractivity contribution < 1.29 is 14.3 Å². The molecule has 36 heavy (non-hydrogen) atoms. The van der Waals surface area contributed by atoms with Gasteiger partial charge in [-0.1, -0.05) is 12.1 Å². The van der Waals surface area contributed by atoms with E-state index in [1.165, 1.54) is 22.2 Å². The van der Waals surface area contributed by atoms with Crippen molar-refractivity contribution in [3.05, 3.63) is 89.1 Å². The first-order valence-corrected chi connectivity index (χ1v) is 12.5. The van der Waals surface area contributed by atoms with Gasteiger partial charge in [0.2, 0.25) is 0 Å². The number of rotatable bonds is 7. The highest BCUT2D eigenvalue weighted by atomic mass is 16.5. The van der Waals surface area contributed by atoms with Crippen LogP contribution < -0.4 is 9.47 Å². The summed E-state index contributed by atoms with van der Waals surface area (Å²) in [6.07, 6.45) is 0.975. The Balaban J connectivity index is 1.14. The fourth-order valence-corrected chi connectivity index (χ4v) is 4.78. The van der Waals surface area contributed by atoms with Gasteiger partial charge in [-0.3, -0.25) is 9.69 Å². The molecule has 0 bridgehead atoms. The molecule has 1 aliphatic heterocycles. The molecule has 1 aliphatic rings. The van der Waals surface area contributed by atoms with Crippen molar-refractivity contribution in [2.75, 3.05) is 39.8 Å². The summed E-state index contributed by atoms with van der Waals surface area (Å²) < 4.78 is 11.4. The van der Waals surface area contributed by atoms with E-state index < -0.39 is 0 Å². The molecule has 3 aromatic carbocycles. The standard InChI is InChI=1S/C30H33N3O3/c1-21-22(2)31-29-12-11-27(20-28(21)29)36-25-9-7-24(8-10-25)30(34)33-17-15-32(16-18-33)14-13-23-5-4-6-26(19-23)35-3/h4-12,19-20,31H,13-18H2,1-3H3. The number of benzene rings is 3. The Bertz CT molecular complexity index is 1350. The molecule has 6 nitrogen and oxygen atoms in total. The van der Waals surface area contributed by atoms with Gasteiger partial charge >= 0.3 is 0 Å². The Morgan fingerprint density at radius 2 is 1.64 bits per heavy atom. The van der Waals surface area contributed by atoms with Gasteiger partial charge in [-0.15, -0.1) is 0 Å². The number of methoxy groups -OCH3 is 1. The van der Waals surface area contributed by atoms with E-state index in [9.17, 15) is 4.79 Å². The number of nitrogens with one attached hydrogen (secondary N) is 1. The highest BCUT2D eigenvalue weighted by Gasteiger charge is 2.22. The summed E-state index contributed by atoms with van der Waals surface area (Å²) in [5, 5.41) is 1.17. The van der Waals surface area contributed by atoms with Crippen LogP contribution in [0.5, 0.6) is 17.2 Å². The summed E-state index contributed by atoms with van der Waals surface area (Å²) >= 11 is 0. The number of aryl methyl sites for hydroxylation is 2. The smallest absolute Gasteiger partial charge is 0.253 e. The molecule has 4 aromatic rings. The van der Waals surface area contributed by atoms with E-state index in [2.05, 4.69) is 41.9 Å². The molecule has 1 fully saturated rings. The molecular weight excluding hydrogens is 450 g/mol. The molecule has 1 saturated heterocycles. The minimum atomic E-state index is 0.0776. The van der Waals surface area contributed by atoms with Gasteiger partial charge < -0.3 is 19.4 Å². The van der Waals surface area contributed by atoms with Crippen molar-refractivity contribution in [1.29, 1.82) is 0 Å². The van der Waals surface area contributed by atoms with Crippen LogP contribution in [0.1, 0.15) is 27.2 Å². The van der Waals surface area contributed by atoms with Crippen molar-refractivity contribution in [3.63, 3.8) is 0 Å². The number of nitrogens with zero attached hydrogens (tertiary/aromatic N) is 2. The summed E-state index contributed by atoms with van der Waals surface area (Å²) in [6, 6.07) is 21.7. The van der Waals surface area contributed by atoms with Crippen LogP contribution in [0.25, 0.3) is 10.9 Å². The number of H-pyrrole nitrogens is 1. The molecule has 0 unspecified atom stereocenters. The number of piperazine rings is 1. The molecule has 1 amide bonds. The molecule has 0 radical (unpaired) electrons. The van der Waals surface area contributed by atoms with Crippen LogP contribution in [-0.4, -0.2) is 60.5 Å². The normalized spacial score (nSPS) is 14.2. The third kappa shape index (κ3) is 5.24. The first kappa shape index (κ1) is 23.9. The Hall–Kier alpha value is -3.77. The number of amides is 1. The molecule has 186 valence electrons. The SMILES string of the molecule is COc1cccc(CCN2CCN(C(=O)c3ccc(Oc4ccc5[nH]c(C)c(C)c5c4)cc3)CC2)c1. The molecular formula is C30H33N3O3. The second kappa shape index (κ2) is 10.5. The summed E-state index contributed by atoms with van der Waals surface area (Å²) in [4.78, 5) is 20.8. The van der Waals surface area contributed by atoms with E-state index in [-0.39, 0.29) is 5.91 Å². The van der Waals surface area contributed by atoms with Gasteiger partial charge in [-0.2, -0.15) is 0 Å². The van der Waals surface area contributed by atoms with Gasteiger partial charge in [0.1, 0.15) is 17.2 Å². The van der Waals surface area contributed by atoms with Crippen LogP contribution >= 0.6 is 0 Å². The lowest BCUT2D eigenvalue weighted by molar-refractivity contribution is 0.0638. The van der Waals surface area contributed by atoms with Crippen LogP contribution in [0.2, 0.25) is 0 Å². The number of hydrogen-bond acceptors (Lipinski definition) is 4. The predicted octanol–water partition coefficient (Wildman–Crippen LogP) is 5.59. The second-order valence-electron chi connectivity index (χ2n) is 9.44. The Morgan fingerprint density at radius 1 is 0.889 bits per heavy atom. The predicted molar refractivity (Wildman–Crippen MR) is 143 cm³/mol. The maximum atomic E-state index is 13.1. The third-order valence-electron chi connectivity index (χ3n) is 7.13. The zero-order chi connectivity index (χ0) is 25.1. The molecule has 0 spiro atoms. The molecule has 2 heterocycles. The number of ether oxygens (including phenoxy) is 2. The van der Waals surface area contributed by atoms with Gasteiger partial charge in [-0.25, -0.2) is 0 Å². The first-order valence-electron chi connectivity index (χ1n) is 12.5. The number of carbonyl (C=O) groups is 1. The number of hydrogen-bond donors (Lipinski definition) is 1. The van der Waals surface area contributed by atoms with E-state index in [0.717, 1.165) is 61.9 Å². The van der Waals surface area contributed by atoms with Gasteiger partial charge in [-0.05, 0) is 86.0 Å². The van der Waals surface area contributed by atoms with Crippen LogP contribution in [0.15, 0.2) is 66.7 Å². The van der Waals surface area contributed by atoms with Crippen molar-refractivity contribution in [3.8, 4) is 17.2 Å². The largest absolute Gasteiger partial charge is 0.497 e. The molecule has 1 N–H and O–H groups in total. The average Bonchev–Trinajstić information content (AvgIpc) is 3.20. The fourth-order valence-electron chi connectivity index (χ4n) is 4.78. The lowest BCUT2D eigenvalue weighted by Crippen LogP contribution is -2.49. The van der Waals surface area contributed by atoms with Crippen molar-refractivity contribution in [2.45, 2.75) is 20.3 Å².